The molecule has 0 amide bonds. The van der Waals surface area contributed by atoms with E-state index in [0.29, 0.717) is 0 Å². The van der Waals surface area contributed by atoms with E-state index in [4.69, 9.17) is 0 Å². The molecule has 0 aromatic heterocycles. The van der Waals surface area contributed by atoms with E-state index in [2.05, 4.69) is 4.74 Å². The molecule has 7 heteroatoms. The fourth-order valence-electron chi connectivity index (χ4n) is 0.329. The van der Waals surface area contributed by atoms with Gasteiger partial charge in [0.1, 0.15) is 0 Å². The van der Waals surface area contributed by atoms with Crippen LogP contribution in [0.5, 0.6) is 0 Å². The average molecular weight is 198 g/mol. The Kier molecular flexibility index (Phi) is 3.62. The van der Waals surface area contributed by atoms with Crippen molar-refractivity contribution < 1.29 is 22.5 Å². The summed E-state index contributed by atoms with van der Waals surface area (Å²) in [6.45, 7) is 1.04. The summed E-state index contributed by atoms with van der Waals surface area (Å²) in [4.78, 5) is 10.2. The number of sulfone groups is 1. The summed E-state index contributed by atoms with van der Waals surface area (Å²) in [6, 6.07) is 0. The summed E-state index contributed by atoms with van der Waals surface area (Å²) in [6.07, 6.45) is 0.839. The van der Waals surface area contributed by atoms with Gasteiger partial charge in [0.2, 0.25) is 8.46 Å². The van der Waals surface area contributed by atoms with Crippen molar-refractivity contribution in [2.45, 2.75) is 12.1 Å². The first-order valence-electron chi connectivity index (χ1n) is 2.56. The van der Waals surface area contributed by atoms with Gasteiger partial charge in [-0.15, -0.1) is 0 Å². The maximum absolute atomic E-state index is 10.6. The zero-order valence-electron chi connectivity index (χ0n) is 5.97. The molecule has 64 valence electrons. The van der Waals surface area contributed by atoms with Gasteiger partial charge in [-0.2, -0.15) is 0 Å². The lowest BCUT2D eigenvalue weighted by molar-refractivity contribution is -0.140. The second kappa shape index (κ2) is 3.78. The highest BCUT2D eigenvalue weighted by atomic mass is 32.2. The molecule has 0 aliphatic heterocycles. The van der Waals surface area contributed by atoms with Gasteiger partial charge in [-0.3, -0.25) is 9.36 Å². The predicted octanol–water partition coefficient (Wildman–Crippen LogP) is 0.169. The normalized spacial score (nSPS) is 14.4. The molecule has 0 fully saturated rings. The molecule has 0 saturated carbocycles. The van der Waals surface area contributed by atoms with Crippen molar-refractivity contribution in [1.82, 2.24) is 0 Å². The van der Waals surface area contributed by atoms with Crippen LogP contribution in [0.15, 0.2) is 0 Å². The number of esters is 1. The molecule has 0 aliphatic carbocycles. The third-order valence-corrected chi connectivity index (χ3v) is 3.23. The van der Waals surface area contributed by atoms with Gasteiger partial charge in [0, 0.05) is 13.2 Å². The minimum Gasteiger partial charge on any atom is -0.434 e. The fourth-order valence-corrected chi connectivity index (χ4v) is 1.46. The molecule has 0 spiro atoms. The van der Waals surface area contributed by atoms with Crippen LogP contribution in [0.2, 0.25) is 0 Å². The zero-order valence-corrected chi connectivity index (χ0v) is 7.68. The van der Waals surface area contributed by atoms with E-state index < -0.39 is 29.4 Å². The summed E-state index contributed by atoms with van der Waals surface area (Å²) >= 11 is 0. The van der Waals surface area contributed by atoms with Crippen LogP contribution in [-0.4, -0.2) is 25.8 Å². The third-order valence-electron chi connectivity index (χ3n) is 0.719. The molecule has 0 saturated heterocycles. The molecule has 0 aromatic carbocycles. The number of carbonyl (C=O) groups is 1. The number of hydrogen-bond donors (Lipinski definition) is 0. The Hall–Kier alpha value is -0.480. The SMILES string of the molecule is CC(=O)OC(P=O)S(C)(=O)=O. The Bertz CT molecular complexity index is 256. The second-order valence-electron chi connectivity index (χ2n) is 1.85. The standard InChI is InChI=1S/C4H7O5PS/c1-3(5)9-4(10-6)11(2,7)8/h4H,1-2H3. The Morgan fingerprint density at radius 1 is 1.55 bits per heavy atom. The Labute approximate surface area is 65.9 Å². The Morgan fingerprint density at radius 3 is 2.09 bits per heavy atom. The summed E-state index contributed by atoms with van der Waals surface area (Å²) in [7, 11) is -4.31. The number of rotatable bonds is 3. The highest BCUT2D eigenvalue weighted by Gasteiger charge is 2.23. The number of carbonyl (C=O) groups excluding carboxylic acids is 1. The topological polar surface area (TPSA) is 77.5 Å². The maximum atomic E-state index is 10.6. The fraction of sp³-hybridized carbons (Fsp3) is 0.750. The van der Waals surface area contributed by atoms with Crippen LogP contribution in [0.3, 0.4) is 0 Å². The van der Waals surface area contributed by atoms with Gasteiger partial charge in [-0.05, 0) is 0 Å². The van der Waals surface area contributed by atoms with Gasteiger partial charge in [0.25, 0.3) is 5.18 Å². The summed E-state index contributed by atoms with van der Waals surface area (Å²) in [5.74, 6) is -0.774. The van der Waals surface area contributed by atoms with Crippen molar-refractivity contribution in [2.75, 3.05) is 6.26 Å². The molecule has 1 atom stereocenters. The third kappa shape index (κ3) is 4.06. The molecule has 11 heavy (non-hydrogen) atoms. The van der Waals surface area contributed by atoms with Crippen LogP contribution in [0.1, 0.15) is 6.92 Å². The van der Waals surface area contributed by atoms with Gasteiger partial charge >= 0.3 is 5.97 Å². The van der Waals surface area contributed by atoms with Gasteiger partial charge in [-0.25, -0.2) is 8.42 Å². The Morgan fingerprint density at radius 2 is 2.00 bits per heavy atom. The molecule has 5 nitrogen and oxygen atoms in total. The molecule has 0 aliphatic rings. The van der Waals surface area contributed by atoms with E-state index in [-0.39, 0.29) is 0 Å². The largest absolute Gasteiger partial charge is 0.434 e. The van der Waals surface area contributed by atoms with E-state index in [1.165, 1.54) is 0 Å². The lowest BCUT2D eigenvalue weighted by atomic mass is 10.8. The van der Waals surface area contributed by atoms with Gasteiger partial charge in [0.15, 0.2) is 9.84 Å². The van der Waals surface area contributed by atoms with Crippen molar-refractivity contribution in [1.29, 1.82) is 0 Å². The lowest BCUT2D eigenvalue weighted by Gasteiger charge is -2.05. The zero-order chi connectivity index (χ0) is 9.07. The first kappa shape index (κ1) is 10.5. The quantitative estimate of drug-likeness (QED) is 0.477. The van der Waals surface area contributed by atoms with Gasteiger partial charge in [-0.1, -0.05) is 0 Å². The van der Waals surface area contributed by atoms with Crippen molar-refractivity contribution in [3.63, 3.8) is 0 Å². The Balaban J connectivity index is 4.44. The smallest absolute Gasteiger partial charge is 0.304 e. The highest BCUT2D eigenvalue weighted by molar-refractivity contribution is 7.95. The van der Waals surface area contributed by atoms with Crippen LogP contribution in [0, 0.1) is 0 Å². The van der Waals surface area contributed by atoms with E-state index in [1.807, 2.05) is 0 Å². The number of ether oxygens (including phenoxy) is 1. The summed E-state index contributed by atoms with van der Waals surface area (Å²) in [5.41, 5.74) is 0. The highest BCUT2D eigenvalue weighted by Crippen LogP contribution is 2.14. The van der Waals surface area contributed by atoms with Crippen LogP contribution < -0.4 is 0 Å². The monoisotopic (exact) mass is 198 g/mol. The van der Waals surface area contributed by atoms with Crippen molar-refractivity contribution in [3.8, 4) is 0 Å². The van der Waals surface area contributed by atoms with E-state index >= 15 is 0 Å². The molecule has 0 bridgehead atoms. The molecule has 0 N–H and O–H groups in total. The first-order valence-corrected chi connectivity index (χ1v) is 5.40. The molecule has 1 unspecified atom stereocenters. The van der Waals surface area contributed by atoms with Crippen molar-refractivity contribution >= 4 is 24.3 Å². The average Bonchev–Trinajstić information content (AvgIpc) is 1.79. The predicted molar refractivity (Wildman–Crippen MR) is 38.0 cm³/mol. The molecule has 0 heterocycles. The minimum absolute atomic E-state index is 0.732. The van der Waals surface area contributed by atoms with Gasteiger partial charge < -0.3 is 4.74 Å². The van der Waals surface area contributed by atoms with Crippen LogP contribution >= 0.6 is 8.46 Å². The van der Waals surface area contributed by atoms with Crippen LogP contribution in [0.25, 0.3) is 0 Å². The van der Waals surface area contributed by atoms with E-state index in [0.717, 1.165) is 13.2 Å². The van der Waals surface area contributed by atoms with Gasteiger partial charge in [0.05, 0.1) is 0 Å². The van der Waals surface area contributed by atoms with Crippen molar-refractivity contribution in [2.24, 2.45) is 0 Å². The van der Waals surface area contributed by atoms with Crippen molar-refractivity contribution in [3.05, 3.63) is 0 Å². The molecule has 0 radical (unpaired) electrons. The maximum Gasteiger partial charge on any atom is 0.304 e. The first-order chi connectivity index (χ1) is 4.88. The molecular formula is C4H7O5PS. The van der Waals surface area contributed by atoms with Crippen LogP contribution in [-0.2, 0) is 23.9 Å². The summed E-state index contributed by atoms with van der Waals surface area (Å²) < 4.78 is 35.6. The summed E-state index contributed by atoms with van der Waals surface area (Å²) in [5, 5.41) is -1.57. The van der Waals surface area contributed by atoms with E-state index in [9.17, 15) is 17.8 Å². The molecular weight excluding hydrogens is 191 g/mol. The minimum atomic E-state index is -3.58. The van der Waals surface area contributed by atoms with Crippen LogP contribution in [0.4, 0.5) is 0 Å². The number of hydrogen-bond acceptors (Lipinski definition) is 5. The second-order valence-corrected chi connectivity index (χ2v) is 4.97. The lowest BCUT2D eigenvalue weighted by Crippen LogP contribution is -2.19. The molecule has 0 aromatic rings. The van der Waals surface area contributed by atoms with E-state index in [1.54, 1.807) is 0 Å². The molecule has 0 rings (SSSR count).